The number of hydrogen-bond donors (Lipinski definition) is 7. The molecule has 0 fully saturated rings. The second kappa shape index (κ2) is 15.5. The smallest absolute Gasteiger partial charge is 0.320 e. The van der Waals surface area contributed by atoms with Crippen molar-refractivity contribution in [2.45, 2.75) is 51.2 Å². The predicted octanol–water partition coefficient (Wildman–Crippen LogP) is -0.828. The predicted molar refractivity (Wildman–Crippen MR) is 100 cm³/mol. The topological polar surface area (TPSA) is 169 Å². The molecular weight excluding hydrogens is 348 g/mol. The van der Waals surface area contributed by atoms with Crippen molar-refractivity contribution in [2.24, 2.45) is 5.73 Å². The number of nitrogens with one attached hydrogen (secondary N) is 3. The maximum atomic E-state index is 10.7. The van der Waals surface area contributed by atoms with E-state index in [9.17, 15) is 9.00 Å². The van der Waals surface area contributed by atoms with E-state index in [1.165, 1.54) is 6.26 Å². The van der Waals surface area contributed by atoms with Gasteiger partial charge in [-0.3, -0.25) is 13.8 Å². The van der Waals surface area contributed by atoms with Crippen LogP contribution in [0.25, 0.3) is 0 Å². The van der Waals surface area contributed by atoms with Crippen molar-refractivity contribution >= 4 is 15.7 Å². The van der Waals surface area contributed by atoms with E-state index in [0.29, 0.717) is 0 Å². The number of rotatable bonds is 13. The van der Waals surface area contributed by atoms with E-state index in [1.54, 1.807) is 0 Å². The normalized spacial score (nSPS) is 16.9. The highest BCUT2D eigenvalue weighted by Gasteiger charge is 2.12. The molecular formula is C15H36N4O5S. The van der Waals surface area contributed by atoms with Crippen LogP contribution in [0.1, 0.15) is 33.1 Å². The summed E-state index contributed by atoms with van der Waals surface area (Å²) >= 11 is 0. The molecule has 0 saturated heterocycles. The van der Waals surface area contributed by atoms with E-state index >= 15 is 0 Å². The molecule has 0 aromatic heterocycles. The number of carboxylic acids is 1. The van der Waals surface area contributed by atoms with Gasteiger partial charge in [0.2, 0.25) is 0 Å². The van der Waals surface area contributed by atoms with E-state index in [0.717, 1.165) is 25.9 Å². The maximum absolute atomic E-state index is 10.7. The quantitative estimate of drug-likeness (QED) is 0.202. The van der Waals surface area contributed by atoms with Gasteiger partial charge >= 0.3 is 5.97 Å². The van der Waals surface area contributed by atoms with Gasteiger partial charge in [0.05, 0.1) is 13.2 Å². The first-order valence-electron chi connectivity index (χ1n) is 8.49. The van der Waals surface area contributed by atoms with E-state index in [1.807, 2.05) is 13.8 Å². The highest BCUT2D eigenvalue weighted by Crippen LogP contribution is 1.94. The van der Waals surface area contributed by atoms with Gasteiger partial charge in [0.1, 0.15) is 6.04 Å². The number of hydrogen-bond acceptors (Lipinski definition) is 8. The second-order valence-corrected chi connectivity index (χ2v) is 8.34. The minimum absolute atomic E-state index is 0.0421. The van der Waals surface area contributed by atoms with Gasteiger partial charge in [0, 0.05) is 46.9 Å². The average Bonchev–Trinajstić information content (AvgIpc) is 2.56. The summed E-state index contributed by atoms with van der Waals surface area (Å²) < 4.78 is 17.7. The fourth-order valence-electron chi connectivity index (χ4n) is 1.70. The van der Waals surface area contributed by atoms with Crippen LogP contribution >= 0.6 is 0 Å². The monoisotopic (exact) mass is 384 g/mol. The third-order valence-electron chi connectivity index (χ3n) is 3.55. The first kappa shape index (κ1) is 26.4. The molecule has 10 heteroatoms. The minimum Gasteiger partial charge on any atom is -0.480 e. The van der Waals surface area contributed by atoms with Gasteiger partial charge in [-0.05, 0) is 19.3 Å². The van der Waals surface area contributed by atoms with Crippen molar-refractivity contribution in [2.75, 3.05) is 38.3 Å². The SMILES string of the molecule is CC[C@@H](CO)NCCN[C@@H](CC)CO.CS(=N)(=O)CC[C@H](N)C(=O)O. The van der Waals surface area contributed by atoms with Crippen LogP contribution in [-0.4, -0.2) is 81.9 Å². The van der Waals surface area contributed by atoms with Crippen LogP contribution in [0.4, 0.5) is 0 Å². The molecule has 9 nitrogen and oxygen atoms in total. The Morgan fingerprint density at radius 3 is 1.76 bits per heavy atom. The highest BCUT2D eigenvalue weighted by atomic mass is 32.2. The van der Waals surface area contributed by atoms with Gasteiger partial charge in [-0.25, -0.2) is 0 Å². The Morgan fingerprint density at radius 1 is 1.12 bits per heavy atom. The summed E-state index contributed by atoms with van der Waals surface area (Å²) in [6, 6.07) is -0.599. The fraction of sp³-hybridized carbons (Fsp3) is 0.933. The fourth-order valence-corrected chi connectivity index (χ4v) is 2.41. The molecule has 0 amide bonds. The molecule has 1 unspecified atom stereocenters. The summed E-state index contributed by atoms with van der Waals surface area (Å²) in [5, 5.41) is 32.6. The summed E-state index contributed by atoms with van der Waals surface area (Å²) in [4.78, 5) is 10.1. The molecule has 0 bridgehead atoms. The number of aliphatic hydroxyl groups excluding tert-OH is 2. The highest BCUT2D eigenvalue weighted by molar-refractivity contribution is 7.91. The van der Waals surface area contributed by atoms with E-state index in [-0.39, 0.29) is 37.5 Å². The van der Waals surface area contributed by atoms with Crippen molar-refractivity contribution in [3.63, 3.8) is 0 Å². The largest absolute Gasteiger partial charge is 0.480 e. The molecule has 25 heavy (non-hydrogen) atoms. The average molecular weight is 385 g/mol. The third-order valence-corrected chi connectivity index (χ3v) is 4.57. The Hall–Kier alpha value is -0.780. The van der Waals surface area contributed by atoms with Crippen LogP contribution < -0.4 is 16.4 Å². The van der Waals surface area contributed by atoms with Crippen LogP contribution in [0.15, 0.2) is 0 Å². The lowest BCUT2D eigenvalue weighted by Crippen LogP contribution is -2.40. The summed E-state index contributed by atoms with van der Waals surface area (Å²) in [5.74, 6) is -1.07. The lowest BCUT2D eigenvalue weighted by molar-refractivity contribution is -0.138. The molecule has 0 aromatic carbocycles. The molecule has 152 valence electrons. The van der Waals surface area contributed by atoms with Crippen molar-refractivity contribution in [1.29, 1.82) is 4.78 Å². The standard InChI is InChI=1S/C10H24N2O2.C5H12N2O3S/c1-3-9(7-13)11-5-6-12-10(4-2)8-14;1-11(7,10)3-2-4(6)5(8)9/h9-14H,3-8H2,1-2H3;4,7H,2-3,6H2,1H3,(H,8,9)/t9-,10-;4-,11?/m00/s1. The molecule has 0 aliphatic rings. The molecule has 8 N–H and O–H groups in total. The molecule has 0 rings (SSSR count). The molecule has 4 atom stereocenters. The third kappa shape index (κ3) is 17.8. The summed E-state index contributed by atoms with van der Waals surface area (Å²) in [7, 11) is -2.60. The van der Waals surface area contributed by atoms with Crippen LogP contribution in [-0.2, 0) is 14.5 Å². The molecule has 0 spiro atoms. The van der Waals surface area contributed by atoms with Crippen LogP contribution in [0.5, 0.6) is 0 Å². The van der Waals surface area contributed by atoms with Crippen molar-refractivity contribution in [3.05, 3.63) is 0 Å². The van der Waals surface area contributed by atoms with Crippen molar-refractivity contribution in [3.8, 4) is 0 Å². The van der Waals surface area contributed by atoms with Gasteiger partial charge < -0.3 is 31.7 Å². The molecule has 0 radical (unpaired) electrons. The van der Waals surface area contributed by atoms with E-state index in [2.05, 4.69) is 10.6 Å². The molecule has 0 aliphatic heterocycles. The Bertz CT molecular complexity index is 412. The van der Waals surface area contributed by atoms with Gasteiger partial charge in [-0.15, -0.1) is 0 Å². The van der Waals surface area contributed by atoms with Crippen LogP contribution in [0.2, 0.25) is 0 Å². The lowest BCUT2D eigenvalue weighted by Gasteiger charge is -2.17. The van der Waals surface area contributed by atoms with Crippen molar-refractivity contribution in [1.82, 2.24) is 10.6 Å². The zero-order valence-corrected chi connectivity index (χ0v) is 16.3. The zero-order valence-electron chi connectivity index (χ0n) is 15.5. The number of carbonyl (C=O) groups is 1. The summed E-state index contributed by atoms with van der Waals surface area (Å²) in [6.45, 7) is 6.13. The molecule has 0 aromatic rings. The van der Waals surface area contributed by atoms with Gasteiger partial charge in [0.15, 0.2) is 0 Å². The summed E-state index contributed by atoms with van der Waals surface area (Å²) in [6.07, 6.45) is 3.23. The Labute approximate surface area is 151 Å². The zero-order chi connectivity index (χ0) is 19.9. The van der Waals surface area contributed by atoms with Gasteiger partial charge in [-0.2, -0.15) is 0 Å². The number of aliphatic carboxylic acids is 1. The Kier molecular flexibility index (Phi) is 16.4. The second-order valence-electron chi connectivity index (χ2n) is 5.93. The van der Waals surface area contributed by atoms with Gasteiger partial charge in [0.25, 0.3) is 0 Å². The Morgan fingerprint density at radius 2 is 1.52 bits per heavy atom. The van der Waals surface area contributed by atoms with Crippen LogP contribution in [0.3, 0.4) is 0 Å². The van der Waals surface area contributed by atoms with Gasteiger partial charge in [-0.1, -0.05) is 13.8 Å². The first-order chi connectivity index (χ1) is 11.6. The number of carboxylic acid groups (broad SMARTS) is 1. The maximum Gasteiger partial charge on any atom is 0.320 e. The van der Waals surface area contributed by atoms with E-state index in [4.69, 9.17) is 25.8 Å². The number of nitrogens with two attached hydrogens (primary N) is 1. The lowest BCUT2D eigenvalue weighted by atomic mass is 10.2. The van der Waals surface area contributed by atoms with Crippen molar-refractivity contribution < 1.29 is 24.3 Å². The summed E-state index contributed by atoms with van der Waals surface area (Å²) in [5.41, 5.74) is 5.12. The molecule has 0 aliphatic carbocycles. The van der Waals surface area contributed by atoms with Crippen LogP contribution in [0, 0.1) is 4.78 Å². The first-order valence-corrected chi connectivity index (χ1v) is 10.6. The Balaban J connectivity index is 0. The minimum atomic E-state index is -2.60. The molecule has 0 saturated carbocycles. The number of aliphatic hydroxyl groups is 2. The molecule has 0 heterocycles. The van der Waals surface area contributed by atoms with E-state index < -0.39 is 21.7 Å².